The van der Waals surface area contributed by atoms with Crippen LogP contribution in [0, 0.1) is 0 Å². The number of benzene rings is 5. The molecule has 0 atom stereocenters. The van der Waals surface area contributed by atoms with Crippen LogP contribution in [0.4, 0.5) is 0 Å². The first-order valence-corrected chi connectivity index (χ1v) is 13.2. The summed E-state index contributed by atoms with van der Waals surface area (Å²) in [5, 5.41) is 2.51. The molecule has 2 nitrogen and oxygen atoms in total. The predicted molar refractivity (Wildman–Crippen MR) is 157 cm³/mol. The van der Waals surface area contributed by atoms with Crippen molar-refractivity contribution in [2.45, 2.75) is 0 Å². The van der Waals surface area contributed by atoms with Gasteiger partial charge in [0.05, 0.1) is 11.4 Å². The van der Waals surface area contributed by atoms with Crippen LogP contribution in [0.25, 0.3) is 65.2 Å². The minimum absolute atomic E-state index is 0.749. The molecule has 37 heavy (non-hydrogen) atoms. The Morgan fingerprint density at radius 3 is 1.41 bits per heavy atom. The molecular weight excluding hydrogens is 468 g/mol. The normalized spacial score (nSPS) is 11.2. The first-order chi connectivity index (χ1) is 18.3. The van der Waals surface area contributed by atoms with Crippen LogP contribution in [0.15, 0.2) is 133 Å². The van der Waals surface area contributed by atoms with Crippen molar-refractivity contribution in [1.82, 2.24) is 9.97 Å². The average Bonchev–Trinajstić information content (AvgIpc) is 3.37. The Bertz CT molecular complexity index is 1800. The summed E-state index contributed by atoms with van der Waals surface area (Å²) in [6.07, 6.45) is 0. The standard InChI is InChI=1S/C34H22N2S/c1-4-12-23(13-5-1)26-18-10-19-27-28-20-11-21-29(33(28)37-32(26)27)34-35-30(24-14-6-2-7-15-24)22-31(36-34)25-16-8-3-9-17-25/h1-22H. The summed E-state index contributed by atoms with van der Waals surface area (Å²) in [7, 11) is 0. The largest absolute Gasteiger partial charge is 0.228 e. The van der Waals surface area contributed by atoms with Crippen molar-refractivity contribution in [3.8, 4) is 45.0 Å². The molecule has 0 N–H and O–H groups in total. The average molecular weight is 491 g/mol. The van der Waals surface area contributed by atoms with E-state index in [0.717, 1.165) is 33.9 Å². The Labute approximate surface area is 219 Å². The Balaban J connectivity index is 1.49. The maximum Gasteiger partial charge on any atom is 0.161 e. The van der Waals surface area contributed by atoms with E-state index in [0.29, 0.717) is 0 Å². The van der Waals surface area contributed by atoms with Gasteiger partial charge in [0.1, 0.15) is 0 Å². The Morgan fingerprint density at radius 2 is 0.865 bits per heavy atom. The maximum absolute atomic E-state index is 5.10. The fourth-order valence-electron chi connectivity index (χ4n) is 4.92. The molecule has 0 unspecified atom stereocenters. The maximum atomic E-state index is 5.10. The summed E-state index contributed by atoms with van der Waals surface area (Å²) in [5.74, 6) is 0.749. The molecule has 0 fully saturated rings. The zero-order valence-electron chi connectivity index (χ0n) is 20.0. The van der Waals surface area contributed by atoms with Crippen molar-refractivity contribution in [3.63, 3.8) is 0 Å². The molecule has 0 radical (unpaired) electrons. The van der Waals surface area contributed by atoms with Gasteiger partial charge in [-0.05, 0) is 23.3 Å². The van der Waals surface area contributed by atoms with Crippen molar-refractivity contribution in [2.75, 3.05) is 0 Å². The number of thiophene rings is 1. The Kier molecular flexibility index (Phi) is 5.34. The smallest absolute Gasteiger partial charge is 0.161 e. The monoisotopic (exact) mass is 490 g/mol. The van der Waals surface area contributed by atoms with Crippen molar-refractivity contribution < 1.29 is 0 Å². The summed E-state index contributed by atoms with van der Waals surface area (Å²) < 4.78 is 2.50. The van der Waals surface area contributed by atoms with E-state index in [2.05, 4.69) is 121 Å². The Morgan fingerprint density at radius 1 is 0.405 bits per heavy atom. The van der Waals surface area contributed by atoms with Crippen LogP contribution in [-0.2, 0) is 0 Å². The molecule has 0 saturated carbocycles. The highest BCUT2D eigenvalue weighted by atomic mass is 32.1. The van der Waals surface area contributed by atoms with E-state index in [1.54, 1.807) is 0 Å². The van der Waals surface area contributed by atoms with Crippen LogP contribution in [0.5, 0.6) is 0 Å². The number of rotatable bonds is 4. The van der Waals surface area contributed by atoms with Gasteiger partial charge in [-0.3, -0.25) is 0 Å². The summed E-state index contributed by atoms with van der Waals surface area (Å²) in [6, 6.07) is 46.5. The number of fused-ring (bicyclic) bond motifs is 3. The fourth-order valence-corrected chi connectivity index (χ4v) is 6.27. The van der Waals surface area contributed by atoms with Gasteiger partial charge < -0.3 is 0 Å². The molecule has 0 aliphatic rings. The van der Waals surface area contributed by atoms with Crippen LogP contribution >= 0.6 is 11.3 Å². The van der Waals surface area contributed by atoms with Gasteiger partial charge in [-0.2, -0.15) is 0 Å². The van der Waals surface area contributed by atoms with Gasteiger partial charge in [0.25, 0.3) is 0 Å². The SMILES string of the molecule is c1ccc(-c2cc(-c3ccccc3)nc(-c3cccc4c3sc3c(-c5ccccc5)cccc34)n2)cc1. The number of nitrogens with zero attached hydrogens (tertiary/aromatic N) is 2. The third-order valence-corrected chi connectivity index (χ3v) is 8.00. The quantitative estimate of drug-likeness (QED) is 0.245. The molecular formula is C34H22N2S. The molecule has 2 aromatic heterocycles. The molecule has 0 bridgehead atoms. The van der Waals surface area contributed by atoms with Crippen molar-refractivity contribution >= 4 is 31.5 Å². The van der Waals surface area contributed by atoms with Gasteiger partial charge in [-0.15, -0.1) is 11.3 Å². The molecule has 2 heterocycles. The highest BCUT2D eigenvalue weighted by Gasteiger charge is 2.17. The van der Waals surface area contributed by atoms with Crippen LogP contribution < -0.4 is 0 Å². The first-order valence-electron chi connectivity index (χ1n) is 12.4. The topological polar surface area (TPSA) is 25.8 Å². The zero-order chi connectivity index (χ0) is 24.6. The molecule has 7 rings (SSSR count). The minimum atomic E-state index is 0.749. The minimum Gasteiger partial charge on any atom is -0.228 e. The Hall–Kier alpha value is -4.60. The molecule has 0 saturated heterocycles. The number of aromatic nitrogens is 2. The molecule has 0 spiro atoms. The lowest BCUT2D eigenvalue weighted by Gasteiger charge is -2.10. The van der Waals surface area contributed by atoms with Gasteiger partial charge in [-0.1, -0.05) is 121 Å². The van der Waals surface area contributed by atoms with Crippen LogP contribution in [0.1, 0.15) is 0 Å². The van der Waals surface area contributed by atoms with Gasteiger partial charge in [0.2, 0.25) is 0 Å². The predicted octanol–water partition coefficient (Wildman–Crippen LogP) is 9.51. The second kappa shape index (κ2) is 9.12. The summed E-state index contributed by atoms with van der Waals surface area (Å²) in [4.78, 5) is 10.2. The van der Waals surface area contributed by atoms with Crippen LogP contribution in [0.3, 0.4) is 0 Å². The molecule has 0 aliphatic heterocycles. The third-order valence-electron chi connectivity index (χ3n) is 6.72. The second-order valence-corrected chi connectivity index (χ2v) is 10.0. The van der Waals surface area contributed by atoms with Crippen molar-refractivity contribution in [1.29, 1.82) is 0 Å². The van der Waals surface area contributed by atoms with Gasteiger partial charge in [-0.25, -0.2) is 9.97 Å². The van der Waals surface area contributed by atoms with Gasteiger partial charge >= 0.3 is 0 Å². The van der Waals surface area contributed by atoms with E-state index >= 15 is 0 Å². The summed E-state index contributed by atoms with van der Waals surface area (Å²) in [6.45, 7) is 0. The molecule has 174 valence electrons. The molecule has 0 amide bonds. The highest BCUT2D eigenvalue weighted by molar-refractivity contribution is 7.26. The van der Waals surface area contributed by atoms with Crippen molar-refractivity contribution in [2.24, 2.45) is 0 Å². The van der Waals surface area contributed by atoms with E-state index in [4.69, 9.17) is 9.97 Å². The third kappa shape index (κ3) is 3.90. The molecule has 0 aliphatic carbocycles. The van der Waals surface area contributed by atoms with Crippen LogP contribution in [-0.4, -0.2) is 9.97 Å². The molecule has 5 aromatic carbocycles. The lowest BCUT2D eigenvalue weighted by molar-refractivity contribution is 1.19. The van der Waals surface area contributed by atoms with E-state index in [1.807, 2.05) is 23.5 Å². The van der Waals surface area contributed by atoms with E-state index in [1.165, 1.54) is 31.3 Å². The van der Waals surface area contributed by atoms with E-state index < -0.39 is 0 Å². The van der Waals surface area contributed by atoms with Crippen LogP contribution in [0.2, 0.25) is 0 Å². The summed E-state index contributed by atoms with van der Waals surface area (Å²) in [5.41, 5.74) is 7.56. The first kappa shape index (κ1) is 21.7. The van der Waals surface area contributed by atoms with Gasteiger partial charge in [0.15, 0.2) is 5.82 Å². The lowest BCUT2D eigenvalue weighted by atomic mass is 10.0. The highest BCUT2D eigenvalue weighted by Crippen LogP contribution is 2.43. The number of hydrogen-bond acceptors (Lipinski definition) is 3. The summed E-state index contributed by atoms with van der Waals surface area (Å²) >= 11 is 1.83. The van der Waals surface area contributed by atoms with E-state index in [-0.39, 0.29) is 0 Å². The number of hydrogen-bond donors (Lipinski definition) is 0. The van der Waals surface area contributed by atoms with Crippen molar-refractivity contribution in [3.05, 3.63) is 133 Å². The zero-order valence-corrected chi connectivity index (χ0v) is 20.8. The molecule has 3 heteroatoms. The van der Waals surface area contributed by atoms with E-state index in [9.17, 15) is 0 Å². The van der Waals surface area contributed by atoms with Gasteiger partial charge in [0, 0.05) is 36.9 Å². The fraction of sp³-hybridized carbons (Fsp3) is 0. The lowest BCUT2D eigenvalue weighted by Crippen LogP contribution is -1.95. The molecule has 7 aromatic rings. The second-order valence-electron chi connectivity index (χ2n) is 9.03.